The number of rotatable bonds is 6. The lowest BCUT2D eigenvalue weighted by Gasteiger charge is -2.08. The molecule has 2 rings (SSSR count). The van der Waals surface area contributed by atoms with Crippen LogP contribution in [0.3, 0.4) is 0 Å². The second-order valence-corrected chi connectivity index (χ2v) is 4.78. The summed E-state index contributed by atoms with van der Waals surface area (Å²) in [6.07, 6.45) is 2.40. The lowest BCUT2D eigenvalue weighted by Crippen LogP contribution is -2.25. The van der Waals surface area contributed by atoms with Crippen molar-refractivity contribution in [2.75, 3.05) is 6.61 Å². The van der Waals surface area contributed by atoms with Gasteiger partial charge in [-0.25, -0.2) is 10.5 Å². The summed E-state index contributed by atoms with van der Waals surface area (Å²) in [7, 11) is 0. The minimum Gasteiger partial charge on any atom is -0.299 e. The second kappa shape index (κ2) is 6.99. The summed E-state index contributed by atoms with van der Waals surface area (Å²) >= 11 is 0. The highest BCUT2D eigenvalue weighted by Gasteiger charge is 2.06. The third-order valence-electron chi connectivity index (χ3n) is 3.19. The number of fused-ring (bicyclic) bond motifs is 1. The van der Waals surface area contributed by atoms with E-state index in [0.717, 1.165) is 11.1 Å². The van der Waals surface area contributed by atoms with Gasteiger partial charge in [-0.3, -0.25) is 19.0 Å². The number of carbonyl (C=O) groups is 1. The third-order valence-corrected chi connectivity index (χ3v) is 3.19. The maximum Gasteiger partial charge on any atom is 0.261 e. The highest BCUT2D eigenvalue weighted by atomic mass is 16.6. The zero-order valence-corrected chi connectivity index (χ0v) is 12.3. The van der Waals surface area contributed by atoms with Gasteiger partial charge in [0.15, 0.2) is 0 Å². The van der Waals surface area contributed by atoms with Crippen LogP contribution in [0.2, 0.25) is 0 Å². The Hall–Kier alpha value is -2.21. The molecule has 0 fully saturated rings. The van der Waals surface area contributed by atoms with Gasteiger partial charge in [-0.1, -0.05) is 12.1 Å². The van der Waals surface area contributed by atoms with E-state index in [0.29, 0.717) is 31.4 Å². The molecule has 2 aromatic rings. The quantitative estimate of drug-likeness (QED) is 0.819. The van der Waals surface area contributed by atoms with Gasteiger partial charge in [0.05, 0.1) is 23.8 Å². The highest BCUT2D eigenvalue weighted by Crippen LogP contribution is 2.11. The van der Waals surface area contributed by atoms with E-state index in [1.807, 2.05) is 19.1 Å². The molecule has 0 atom stereocenters. The fraction of sp³-hybridized carbons (Fsp3) is 0.400. The Morgan fingerprint density at radius 3 is 3.00 bits per heavy atom. The molecule has 0 aliphatic heterocycles. The second-order valence-electron chi connectivity index (χ2n) is 4.78. The van der Waals surface area contributed by atoms with E-state index in [1.54, 1.807) is 13.0 Å². The molecule has 6 heteroatoms. The number of aromatic nitrogens is 2. The molecule has 0 saturated carbocycles. The summed E-state index contributed by atoms with van der Waals surface area (Å²) in [6, 6.07) is 5.55. The smallest absolute Gasteiger partial charge is 0.261 e. The van der Waals surface area contributed by atoms with Gasteiger partial charge in [0, 0.05) is 13.0 Å². The van der Waals surface area contributed by atoms with Crippen LogP contribution in [-0.4, -0.2) is 22.1 Å². The van der Waals surface area contributed by atoms with Gasteiger partial charge < -0.3 is 0 Å². The van der Waals surface area contributed by atoms with Crippen LogP contribution in [0.4, 0.5) is 0 Å². The van der Waals surface area contributed by atoms with E-state index in [2.05, 4.69) is 10.5 Å². The number of nitrogens with one attached hydrogen (secondary N) is 1. The van der Waals surface area contributed by atoms with Crippen molar-refractivity contribution in [3.63, 3.8) is 0 Å². The first-order chi connectivity index (χ1) is 10.1. The van der Waals surface area contributed by atoms with Gasteiger partial charge in [0.1, 0.15) is 0 Å². The fourth-order valence-corrected chi connectivity index (χ4v) is 2.11. The van der Waals surface area contributed by atoms with Crippen LogP contribution in [0.15, 0.2) is 29.3 Å². The molecule has 0 aliphatic carbocycles. The average molecular weight is 289 g/mol. The maximum atomic E-state index is 12.3. The number of carbonyl (C=O) groups excluding carboxylic acids is 1. The largest absolute Gasteiger partial charge is 0.299 e. The molecule has 1 aromatic carbocycles. The van der Waals surface area contributed by atoms with Crippen molar-refractivity contribution in [3.8, 4) is 0 Å². The minimum atomic E-state index is -0.186. The van der Waals surface area contributed by atoms with Crippen molar-refractivity contribution in [2.24, 2.45) is 0 Å². The van der Waals surface area contributed by atoms with E-state index >= 15 is 0 Å². The number of benzene rings is 1. The molecule has 0 saturated heterocycles. The predicted molar refractivity (Wildman–Crippen MR) is 79.7 cm³/mol. The maximum absolute atomic E-state index is 12.3. The standard InChI is InChI=1S/C15H19N3O3/c1-3-21-17-13(19)8-5-9-18-10-16-14-11(2)6-4-7-12(14)15(18)20/h4,6-7,10H,3,5,8-9H2,1-2H3,(H,17,19). The van der Waals surface area contributed by atoms with E-state index < -0.39 is 0 Å². The van der Waals surface area contributed by atoms with Crippen LogP contribution in [0.1, 0.15) is 25.3 Å². The van der Waals surface area contributed by atoms with Gasteiger partial charge in [0.25, 0.3) is 5.56 Å². The minimum absolute atomic E-state index is 0.0751. The van der Waals surface area contributed by atoms with Crippen molar-refractivity contribution in [1.29, 1.82) is 0 Å². The summed E-state index contributed by atoms with van der Waals surface area (Å²) in [5.41, 5.74) is 3.96. The van der Waals surface area contributed by atoms with Crippen molar-refractivity contribution < 1.29 is 9.63 Å². The lowest BCUT2D eigenvalue weighted by molar-refractivity contribution is -0.133. The summed E-state index contributed by atoms with van der Waals surface area (Å²) in [4.78, 5) is 32.9. The monoisotopic (exact) mass is 289 g/mol. The number of hydrogen-bond donors (Lipinski definition) is 1. The topological polar surface area (TPSA) is 73.2 Å². The Labute approximate surface area is 122 Å². The molecule has 1 amide bonds. The zero-order valence-electron chi connectivity index (χ0n) is 12.3. The van der Waals surface area contributed by atoms with E-state index in [4.69, 9.17) is 4.84 Å². The summed E-state index contributed by atoms with van der Waals surface area (Å²) < 4.78 is 1.54. The van der Waals surface area contributed by atoms with Gasteiger partial charge in [-0.2, -0.15) is 0 Å². The van der Waals surface area contributed by atoms with Crippen LogP contribution in [0.5, 0.6) is 0 Å². The summed E-state index contributed by atoms with van der Waals surface area (Å²) in [5, 5.41) is 0.608. The summed E-state index contributed by atoms with van der Waals surface area (Å²) in [5.74, 6) is -0.186. The number of hydroxylamine groups is 1. The summed E-state index contributed by atoms with van der Waals surface area (Å²) in [6.45, 7) is 4.61. The molecule has 1 N–H and O–H groups in total. The van der Waals surface area contributed by atoms with Crippen molar-refractivity contribution in [3.05, 3.63) is 40.4 Å². The Morgan fingerprint density at radius 1 is 1.43 bits per heavy atom. The number of hydrogen-bond acceptors (Lipinski definition) is 4. The first-order valence-corrected chi connectivity index (χ1v) is 6.99. The van der Waals surface area contributed by atoms with Crippen LogP contribution in [0.25, 0.3) is 10.9 Å². The molecule has 112 valence electrons. The lowest BCUT2D eigenvalue weighted by atomic mass is 10.1. The highest BCUT2D eigenvalue weighted by molar-refractivity contribution is 5.80. The van der Waals surface area contributed by atoms with Crippen LogP contribution in [0, 0.1) is 6.92 Å². The van der Waals surface area contributed by atoms with Crippen LogP contribution in [-0.2, 0) is 16.2 Å². The Kier molecular flexibility index (Phi) is 5.05. The SMILES string of the molecule is CCONC(=O)CCCn1cnc2c(C)cccc2c1=O. The predicted octanol–water partition coefficient (Wildman–Crippen LogP) is 1.55. The van der Waals surface area contributed by atoms with E-state index in [-0.39, 0.29) is 11.5 Å². The number of amides is 1. The van der Waals surface area contributed by atoms with Gasteiger partial charge in [-0.05, 0) is 31.9 Å². The molecule has 1 heterocycles. The molecule has 0 radical (unpaired) electrons. The first-order valence-electron chi connectivity index (χ1n) is 6.99. The first kappa shape index (κ1) is 15.2. The molecule has 1 aromatic heterocycles. The van der Waals surface area contributed by atoms with Gasteiger partial charge in [-0.15, -0.1) is 0 Å². The number of nitrogens with zero attached hydrogens (tertiary/aromatic N) is 2. The zero-order chi connectivity index (χ0) is 15.2. The van der Waals surface area contributed by atoms with Crippen molar-refractivity contribution >= 4 is 16.8 Å². The number of para-hydroxylation sites is 1. The van der Waals surface area contributed by atoms with Crippen LogP contribution >= 0.6 is 0 Å². The van der Waals surface area contributed by atoms with Crippen LogP contribution < -0.4 is 11.0 Å². The fourth-order valence-electron chi connectivity index (χ4n) is 2.11. The average Bonchev–Trinajstić information content (AvgIpc) is 2.48. The van der Waals surface area contributed by atoms with E-state index in [9.17, 15) is 9.59 Å². The molecule has 6 nitrogen and oxygen atoms in total. The Morgan fingerprint density at radius 2 is 2.24 bits per heavy atom. The van der Waals surface area contributed by atoms with Crippen molar-refractivity contribution in [2.45, 2.75) is 33.2 Å². The number of aryl methyl sites for hydroxylation is 2. The third kappa shape index (κ3) is 3.66. The Bertz CT molecular complexity index is 694. The molecule has 0 unspecified atom stereocenters. The van der Waals surface area contributed by atoms with E-state index in [1.165, 1.54) is 10.9 Å². The molecular weight excluding hydrogens is 270 g/mol. The Balaban J connectivity index is 2.05. The van der Waals surface area contributed by atoms with Crippen molar-refractivity contribution in [1.82, 2.24) is 15.0 Å². The molecule has 0 aliphatic rings. The van der Waals surface area contributed by atoms with Gasteiger partial charge >= 0.3 is 0 Å². The molecular formula is C15H19N3O3. The molecule has 0 bridgehead atoms. The molecule has 21 heavy (non-hydrogen) atoms. The normalized spacial score (nSPS) is 10.8. The van der Waals surface area contributed by atoms with Gasteiger partial charge in [0.2, 0.25) is 5.91 Å². The molecule has 0 spiro atoms.